The molecule has 1 saturated carbocycles. The number of rotatable bonds is 3. The van der Waals surface area contributed by atoms with E-state index in [4.69, 9.17) is 0 Å². The molecular formula is C9H12BrN3. The first-order valence-electron chi connectivity index (χ1n) is 4.56. The Kier molecular flexibility index (Phi) is 2.78. The van der Waals surface area contributed by atoms with Crippen molar-refractivity contribution in [1.82, 2.24) is 9.97 Å². The van der Waals surface area contributed by atoms with Crippen LogP contribution in [0.1, 0.15) is 19.3 Å². The van der Waals surface area contributed by atoms with Gasteiger partial charge in [0.1, 0.15) is 0 Å². The molecule has 0 radical (unpaired) electrons. The molecule has 1 aromatic rings. The van der Waals surface area contributed by atoms with Gasteiger partial charge in [-0.25, -0.2) is 9.97 Å². The maximum absolute atomic E-state index is 4.14. The number of halogens is 1. The SMILES string of the molecule is Brc1cnc(NCC2CCC2)nc1. The molecule has 1 fully saturated rings. The van der Waals surface area contributed by atoms with Crippen molar-refractivity contribution in [3.8, 4) is 0 Å². The minimum atomic E-state index is 0.732. The number of nitrogens with zero attached hydrogens (tertiary/aromatic N) is 2. The molecule has 70 valence electrons. The highest BCUT2D eigenvalue weighted by molar-refractivity contribution is 9.10. The summed E-state index contributed by atoms with van der Waals surface area (Å²) in [5, 5.41) is 3.23. The normalized spacial score (nSPS) is 16.7. The Labute approximate surface area is 86.1 Å². The van der Waals surface area contributed by atoms with Gasteiger partial charge in [0.2, 0.25) is 5.95 Å². The van der Waals surface area contributed by atoms with Crippen LogP contribution in [0, 0.1) is 5.92 Å². The summed E-state index contributed by atoms with van der Waals surface area (Å²) in [6.07, 6.45) is 7.60. The van der Waals surface area contributed by atoms with E-state index in [9.17, 15) is 0 Å². The highest BCUT2D eigenvalue weighted by atomic mass is 79.9. The van der Waals surface area contributed by atoms with Crippen LogP contribution in [0.5, 0.6) is 0 Å². The largest absolute Gasteiger partial charge is 0.354 e. The molecule has 0 unspecified atom stereocenters. The van der Waals surface area contributed by atoms with Gasteiger partial charge in [0.05, 0.1) is 4.47 Å². The zero-order valence-corrected chi connectivity index (χ0v) is 8.92. The van der Waals surface area contributed by atoms with Gasteiger partial charge in [-0.1, -0.05) is 6.42 Å². The Balaban J connectivity index is 1.83. The quantitative estimate of drug-likeness (QED) is 0.884. The van der Waals surface area contributed by atoms with E-state index in [2.05, 4.69) is 31.2 Å². The predicted octanol–water partition coefficient (Wildman–Crippen LogP) is 2.45. The van der Waals surface area contributed by atoms with Crippen LogP contribution in [0.25, 0.3) is 0 Å². The summed E-state index contributed by atoms with van der Waals surface area (Å²) in [5.41, 5.74) is 0. The average molecular weight is 242 g/mol. The van der Waals surface area contributed by atoms with E-state index in [1.54, 1.807) is 12.4 Å². The van der Waals surface area contributed by atoms with Crippen molar-refractivity contribution in [3.63, 3.8) is 0 Å². The highest BCUT2D eigenvalue weighted by Gasteiger charge is 2.16. The van der Waals surface area contributed by atoms with Crippen LogP contribution in [-0.2, 0) is 0 Å². The van der Waals surface area contributed by atoms with E-state index in [1.165, 1.54) is 19.3 Å². The monoisotopic (exact) mass is 241 g/mol. The number of hydrogen-bond acceptors (Lipinski definition) is 3. The lowest BCUT2D eigenvalue weighted by atomic mass is 9.85. The number of nitrogens with one attached hydrogen (secondary N) is 1. The fourth-order valence-corrected chi connectivity index (χ4v) is 1.54. The van der Waals surface area contributed by atoms with E-state index < -0.39 is 0 Å². The molecule has 4 heteroatoms. The summed E-state index contributed by atoms with van der Waals surface area (Å²) in [7, 11) is 0. The summed E-state index contributed by atoms with van der Waals surface area (Å²) in [6, 6.07) is 0. The first kappa shape index (κ1) is 8.94. The fourth-order valence-electron chi connectivity index (χ4n) is 1.34. The third kappa shape index (κ3) is 2.40. The maximum atomic E-state index is 4.14. The highest BCUT2D eigenvalue weighted by Crippen LogP contribution is 2.25. The second-order valence-electron chi connectivity index (χ2n) is 3.40. The van der Waals surface area contributed by atoms with Crippen LogP contribution in [0.4, 0.5) is 5.95 Å². The van der Waals surface area contributed by atoms with Crippen molar-refractivity contribution >= 4 is 21.9 Å². The zero-order valence-electron chi connectivity index (χ0n) is 7.33. The first-order chi connectivity index (χ1) is 6.34. The Bertz CT molecular complexity index is 269. The molecule has 1 heterocycles. The molecule has 13 heavy (non-hydrogen) atoms. The molecule has 0 amide bonds. The van der Waals surface area contributed by atoms with Crippen molar-refractivity contribution in [2.45, 2.75) is 19.3 Å². The van der Waals surface area contributed by atoms with Crippen LogP contribution in [-0.4, -0.2) is 16.5 Å². The molecule has 0 spiro atoms. The minimum absolute atomic E-state index is 0.732. The molecule has 0 aliphatic heterocycles. The third-order valence-electron chi connectivity index (χ3n) is 2.39. The molecule has 0 bridgehead atoms. The van der Waals surface area contributed by atoms with Crippen molar-refractivity contribution in [1.29, 1.82) is 0 Å². The maximum Gasteiger partial charge on any atom is 0.222 e. The Morgan fingerprint density at radius 2 is 2.08 bits per heavy atom. The van der Waals surface area contributed by atoms with E-state index >= 15 is 0 Å². The van der Waals surface area contributed by atoms with Crippen LogP contribution in [0.2, 0.25) is 0 Å². The van der Waals surface area contributed by atoms with Gasteiger partial charge in [-0.05, 0) is 34.7 Å². The van der Waals surface area contributed by atoms with E-state index in [0.29, 0.717) is 0 Å². The summed E-state index contributed by atoms with van der Waals surface area (Å²) >= 11 is 3.30. The predicted molar refractivity (Wildman–Crippen MR) is 55.6 cm³/mol. The van der Waals surface area contributed by atoms with Gasteiger partial charge in [0.15, 0.2) is 0 Å². The van der Waals surface area contributed by atoms with Gasteiger partial charge in [-0.2, -0.15) is 0 Å². The molecule has 3 nitrogen and oxygen atoms in total. The van der Waals surface area contributed by atoms with Gasteiger partial charge < -0.3 is 5.32 Å². The van der Waals surface area contributed by atoms with E-state index in [1.807, 2.05) is 0 Å². The average Bonchev–Trinajstić information content (AvgIpc) is 2.05. The lowest BCUT2D eigenvalue weighted by Crippen LogP contribution is -2.21. The topological polar surface area (TPSA) is 37.8 Å². The second-order valence-corrected chi connectivity index (χ2v) is 4.32. The molecule has 1 aliphatic rings. The lowest BCUT2D eigenvalue weighted by Gasteiger charge is -2.25. The summed E-state index contributed by atoms with van der Waals surface area (Å²) in [4.78, 5) is 8.28. The second kappa shape index (κ2) is 4.05. The van der Waals surface area contributed by atoms with Gasteiger partial charge in [-0.15, -0.1) is 0 Å². The molecule has 2 rings (SSSR count). The van der Waals surface area contributed by atoms with Crippen molar-refractivity contribution in [3.05, 3.63) is 16.9 Å². The third-order valence-corrected chi connectivity index (χ3v) is 2.80. The molecule has 1 N–H and O–H groups in total. The van der Waals surface area contributed by atoms with Crippen LogP contribution < -0.4 is 5.32 Å². The number of aromatic nitrogens is 2. The standard InChI is InChI=1S/C9H12BrN3/c10-8-5-12-9(13-6-8)11-4-7-2-1-3-7/h5-7H,1-4H2,(H,11,12,13). The molecule has 1 aliphatic carbocycles. The molecule has 0 atom stereocenters. The van der Waals surface area contributed by atoms with Crippen LogP contribution in [0.3, 0.4) is 0 Å². The van der Waals surface area contributed by atoms with Crippen LogP contribution >= 0.6 is 15.9 Å². The van der Waals surface area contributed by atoms with Crippen molar-refractivity contribution in [2.24, 2.45) is 5.92 Å². The molecule has 1 aromatic heterocycles. The molecule has 0 aromatic carbocycles. The molecule has 0 saturated heterocycles. The smallest absolute Gasteiger partial charge is 0.222 e. The lowest BCUT2D eigenvalue weighted by molar-refractivity contribution is 0.333. The van der Waals surface area contributed by atoms with Gasteiger partial charge in [-0.3, -0.25) is 0 Å². The van der Waals surface area contributed by atoms with Gasteiger partial charge in [0.25, 0.3) is 0 Å². The van der Waals surface area contributed by atoms with Crippen molar-refractivity contribution < 1.29 is 0 Å². The minimum Gasteiger partial charge on any atom is -0.354 e. The first-order valence-corrected chi connectivity index (χ1v) is 5.35. The van der Waals surface area contributed by atoms with E-state index in [-0.39, 0.29) is 0 Å². The number of hydrogen-bond donors (Lipinski definition) is 1. The van der Waals surface area contributed by atoms with Gasteiger partial charge >= 0.3 is 0 Å². The van der Waals surface area contributed by atoms with E-state index in [0.717, 1.165) is 22.9 Å². The number of anilines is 1. The van der Waals surface area contributed by atoms with Crippen LogP contribution in [0.15, 0.2) is 16.9 Å². The summed E-state index contributed by atoms with van der Waals surface area (Å²) in [5.74, 6) is 1.57. The Morgan fingerprint density at radius 1 is 1.38 bits per heavy atom. The summed E-state index contributed by atoms with van der Waals surface area (Å²) in [6.45, 7) is 1.02. The Hall–Kier alpha value is -0.640. The summed E-state index contributed by atoms with van der Waals surface area (Å²) < 4.78 is 0.918. The molecular weight excluding hydrogens is 230 g/mol. The zero-order chi connectivity index (χ0) is 9.10. The van der Waals surface area contributed by atoms with Crippen molar-refractivity contribution in [2.75, 3.05) is 11.9 Å². The fraction of sp³-hybridized carbons (Fsp3) is 0.556. The van der Waals surface area contributed by atoms with Gasteiger partial charge in [0, 0.05) is 18.9 Å². The Morgan fingerprint density at radius 3 is 2.62 bits per heavy atom.